The van der Waals surface area contributed by atoms with Crippen LogP contribution in [0, 0.1) is 5.92 Å². The van der Waals surface area contributed by atoms with Crippen LogP contribution in [-0.2, 0) is 0 Å². The summed E-state index contributed by atoms with van der Waals surface area (Å²) in [6.45, 7) is 2.27. The lowest BCUT2D eigenvalue weighted by molar-refractivity contribution is 0.348. The van der Waals surface area contributed by atoms with Crippen LogP contribution in [0.15, 0.2) is 23.3 Å². The average molecular weight is 323 g/mol. The molecule has 2 aromatic rings. The Morgan fingerprint density at radius 3 is 3.08 bits per heavy atom. The molecule has 4 rings (SSSR count). The molecule has 2 unspecified atom stereocenters. The number of aromatic nitrogens is 3. The first-order valence-electron chi connectivity index (χ1n) is 8.47. The van der Waals surface area contributed by atoms with E-state index < -0.39 is 0 Å². The molecule has 0 amide bonds. The summed E-state index contributed by atoms with van der Waals surface area (Å²) in [5.74, 6) is 1.95. The molecular weight excluding hydrogens is 302 g/mol. The predicted molar refractivity (Wildman–Crippen MR) is 95.6 cm³/mol. The van der Waals surface area contributed by atoms with E-state index in [1.165, 1.54) is 19.3 Å². The molecule has 0 radical (unpaired) electrons. The summed E-state index contributed by atoms with van der Waals surface area (Å²) in [5, 5.41) is 13.6. The number of hydrogen-bond acceptors (Lipinski definition) is 5. The Morgan fingerprint density at radius 2 is 2.21 bits per heavy atom. The van der Waals surface area contributed by atoms with Crippen LogP contribution in [0.1, 0.15) is 43.9 Å². The molecule has 1 fully saturated rings. The van der Waals surface area contributed by atoms with Gasteiger partial charge in [-0.2, -0.15) is 4.98 Å². The van der Waals surface area contributed by atoms with E-state index in [0.29, 0.717) is 29.4 Å². The summed E-state index contributed by atoms with van der Waals surface area (Å²) in [4.78, 5) is 15.9. The molecule has 2 aliphatic rings. The summed E-state index contributed by atoms with van der Waals surface area (Å²) in [6, 6.07) is 4.26. The van der Waals surface area contributed by atoms with E-state index in [1.807, 2.05) is 18.2 Å². The lowest BCUT2D eigenvalue weighted by Gasteiger charge is -2.29. The van der Waals surface area contributed by atoms with Crippen LogP contribution in [0.5, 0.6) is 5.88 Å². The SMILES string of the molecule is CC1CCCCC1Nc1nc(O)c(/C=C2\C=Nc3ncccc32)[nH]1. The lowest BCUT2D eigenvalue weighted by atomic mass is 9.86. The highest BCUT2D eigenvalue weighted by molar-refractivity contribution is 6.20. The van der Waals surface area contributed by atoms with Gasteiger partial charge in [0.2, 0.25) is 11.8 Å². The van der Waals surface area contributed by atoms with E-state index >= 15 is 0 Å². The smallest absolute Gasteiger partial charge is 0.238 e. The van der Waals surface area contributed by atoms with Gasteiger partial charge in [0, 0.05) is 29.6 Å². The van der Waals surface area contributed by atoms with Crippen molar-refractivity contribution in [3.8, 4) is 5.88 Å². The fourth-order valence-corrected chi connectivity index (χ4v) is 3.45. The fraction of sp³-hybridized carbons (Fsp3) is 0.389. The number of fused-ring (bicyclic) bond motifs is 1. The van der Waals surface area contributed by atoms with Gasteiger partial charge in [-0.3, -0.25) is 0 Å². The van der Waals surface area contributed by atoms with E-state index in [1.54, 1.807) is 12.4 Å². The van der Waals surface area contributed by atoms with Gasteiger partial charge in [0.15, 0.2) is 5.82 Å². The molecule has 0 spiro atoms. The number of hydrogen-bond donors (Lipinski definition) is 3. The first kappa shape index (κ1) is 14.9. The third kappa shape index (κ3) is 2.79. The average Bonchev–Trinajstić information content (AvgIpc) is 3.14. The van der Waals surface area contributed by atoms with Crippen molar-refractivity contribution in [2.75, 3.05) is 5.32 Å². The molecule has 0 bridgehead atoms. The highest BCUT2D eigenvalue weighted by Gasteiger charge is 2.22. The number of nitrogens with zero attached hydrogens (tertiary/aromatic N) is 3. The molecule has 6 heteroatoms. The second kappa shape index (κ2) is 6.11. The van der Waals surface area contributed by atoms with Gasteiger partial charge in [-0.15, -0.1) is 0 Å². The number of aromatic amines is 1. The number of aliphatic imine (C=N–C) groups is 1. The highest BCUT2D eigenvalue weighted by Crippen LogP contribution is 2.32. The topological polar surface area (TPSA) is 86.2 Å². The summed E-state index contributed by atoms with van der Waals surface area (Å²) in [5.41, 5.74) is 2.45. The minimum atomic E-state index is -0.000738. The molecule has 1 saturated carbocycles. The van der Waals surface area contributed by atoms with Crippen molar-refractivity contribution in [2.45, 2.75) is 38.6 Å². The second-order valence-electron chi connectivity index (χ2n) is 6.57. The van der Waals surface area contributed by atoms with Gasteiger partial charge in [-0.1, -0.05) is 19.8 Å². The van der Waals surface area contributed by atoms with Crippen molar-refractivity contribution in [3.05, 3.63) is 29.6 Å². The molecule has 0 aromatic carbocycles. The number of anilines is 1. The molecular formula is C18H21N5O. The van der Waals surface area contributed by atoms with Crippen molar-refractivity contribution >= 4 is 29.6 Å². The maximum atomic E-state index is 10.1. The molecule has 24 heavy (non-hydrogen) atoms. The summed E-state index contributed by atoms with van der Waals surface area (Å²) in [6.07, 6.45) is 10.3. The van der Waals surface area contributed by atoms with Crippen LogP contribution in [0.4, 0.5) is 11.8 Å². The van der Waals surface area contributed by atoms with E-state index in [2.05, 4.69) is 32.2 Å². The Kier molecular flexibility index (Phi) is 3.80. The molecule has 1 aliphatic heterocycles. The lowest BCUT2D eigenvalue weighted by Crippen LogP contribution is -2.30. The van der Waals surface area contributed by atoms with Gasteiger partial charge in [0.25, 0.3) is 0 Å². The van der Waals surface area contributed by atoms with Gasteiger partial charge in [0.05, 0.1) is 0 Å². The maximum absolute atomic E-state index is 10.1. The van der Waals surface area contributed by atoms with E-state index in [0.717, 1.165) is 17.6 Å². The largest absolute Gasteiger partial charge is 0.492 e. The molecule has 3 N–H and O–H groups in total. The van der Waals surface area contributed by atoms with Crippen LogP contribution in [-0.4, -0.2) is 32.3 Å². The Labute approximate surface area is 140 Å². The minimum Gasteiger partial charge on any atom is -0.492 e. The van der Waals surface area contributed by atoms with Crippen molar-refractivity contribution in [2.24, 2.45) is 10.9 Å². The zero-order chi connectivity index (χ0) is 16.5. The Morgan fingerprint density at radius 1 is 1.33 bits per heavy atom. The normalized spacial score (nSPS) is 24.3. The number of rotatable bonds is 3. The van der Waals surface area contributed by atoms with Crippen molar-refractivity contribution in [1.29, 1.82) is 0 Å². The van der Waals surface area contributed by atoms with Gasteiger partial charge in [-0.25, -0.2) is 9.98 Å². The molecule has 6 nitrogen and oxygen atoms in total. The van der Waals surface area contributed by atoms with Crippen LogP contribution in [0.3, 0.4) is 0 Å². The number of allylic oxidation sites excluding steroid dienone is 1. The van der Waals surface area contributed by atoms with Gasteiger partial charge in [-0.05, 0) is 37.0 Å². The fourth-order valence-electron chi connectivity index (χ4n) is 3.45. The van der Waals surface area contributed by atoms with Crippen molar-refractivity contribution in [1.82, 2.24) is 15.0 Å². The third-order valence-electron chi connectivity index (χ3n) is 4.87. The minimum absolute atomic E-state index is 0.000738. The number of H-pyrrole nitrogens is 1. The van der Waals surface area contributed by atoms with Crippen molar-refractivity contribution in [3.63, 3.8) is 0 Å². The first-order valence-corrected chi connectivity index (χ1v) is 8.47. The van der Waals surface area contributed by atoms with Crippen molar-refractivity contribution < 1.29 is 5.11 Å². The Hall–Kier alpha value is -2.63. The monoisotopic (exact) mass is 323 g/mol. The number of nitrogens with one attached hydrogen (secondary N) is 2. The van der Waals surface area contributed by atoms with E-state index in [-0.39, 0.29) is 5.88 Å². The molecule has 3 heterocycles. The Bertz CT molecular complexity index is 807. The number of imidazole rings is 1. The zero-order valence-corrected chi connectivity index (χ0v) is 13.7. The molecule has 2 atom stereocenters. The van der Waals surface area contributed by atoms with Gasteiger partial charge in [0.1, 0.15) is 5.69 Å². The standard InChI is InChI=1S/C18H21N5O/c1-11-5-2-3-7-14(11)21-18-22-15(17(24)23-18)9-12-10-20-16-13(12)6-4-8-19-16/h4,6,8-11,14,24H,2-3,5,7H2,1H3,(H2,21,22,23)/b12-9+. The summed E-state index contributed by atoms with van der Waals surface area (Å²) < 4.78 is 0. The van der Waals surface area contributed by atoms with Crippen LogP contribution in [0.2, 0.25) is 0 Å². The van der Waals surface area contributed by atoms with Gasteiger partial charge < -0.3 is 15.4 Å². The third-order valence-corrected chi connectivity index (χ3v) is 4.87. The quantitative estimate of drug-likeness (QED) is 0.803. The Balaban J connectivity index is 1.56. The van der Waals surface area contributed by atoms with Gasteiger partial charge >= 0.3 is 0 Å². The molecule has 124 valence electrons. The van der Waals surface area contributed by atoms with E-state index in [4.69, 9.17) is 0 Å². The number of aromatic hydroxyl groups is 1. The molecule has 2 aromatic heterocycles. The van der Waals surface area contributed by atoms with Crippen LogP contribution in [0.25, 0.3) is 11.6 Å². The summed E-state index contributed by atoms with van der Waals surface area (Å²) >= 11 is 0. The summed E-state index contributed by atoms with van der Waals surface area (Å²) in [7, 11) is 0. The first-order chi connectivity index (χ1) is 11.7. The predicted octanol–water partition coefficient (Wildman–Crippen LogP) is 3.76. The molecule has 0 saturated heterocycles. The second-order valence-corrected chi connectivity index (χ2v) is 6.57. The maximum Gasteiger partial charge on any atom is 0.238 e. The van der Waals surface area contributed by atoms with Crippen LogP contribution < -0.4 is 5.32 Å². The number of pyridine rings is 1. The highest BCUT2D eigenvalue weighted by atomic mass is 16.3. The zero-order valence-electron chi connectivity index (χ0n) is 13.7. The van der Waals surface area contributed by atoms with Crippen LogP contribution >= 0.6 is 0 Å². The molecule has 1 aliphatic carbocycles. The van der Waals surface area contributed by atoms with E-state index in [9.17, 15) is 5.11 Å².